The summed E-state index contributed by atoms with van der Waals surface area (Å²) < 4.78 is 0. The first-order valence-electron chi connectivity index (χ1n) is 8.85. The van der Waals surface area contributed by atoms with Crippen LogP contribution < -0.4 is 5.32 Å². The number of amides is 2. The number of aliphatic hydroxyl groups is 1. The topological polar surface area (TPSA) is 65.5 Å². The van der Waals surface area contributed by atoms with E-state index in [1.54, 1.807) is 11.3 Å². The van der Waals surface area contributed by atoms with Gasteiger partial charge in [0.2, 0.25) is 0 Å². The van der Waals surface area contributed by atoms with Crippen molar-refractivity contribution in [3.63, 3.8) is 0 Å². The molecular formula is C17H27N3O2S. The van der Waals surface area contributed by atoms with Gasteiger partial charge in [0.25, 0.3) is 0 Å². The first-order chi connectivity index (χ1) is 11.2. The molecule has 6 heteroatoms. The van der Waals surface area contributed by atoms with E-state index in [1.165, 1.54) is 29.8 Å². The Morgan fingerprint density at radius 3 is 3.09 bits per heavy atom. The Balaban J connectivity index is 1.59. The molecule has 1 fully saturated rings. The lowest BCUT2D eigenvalue weighted by Crippen LogP contribution is -2.43. The third kappa shape index (κ3) is 4.04. The van der Waals surface area contributed by atoms with Gasteiger partial charge in [-0.1, -0.05) is 19.8 Å². The average molecular weight is 337 g/mol. The van der Waals surface area contributed by atoms with E-state index in [-0.39, 0.29) is 18.6 Å². The number of nitrogens with one attached hydrogen (secondary N) is 1. The van der Waals surface area contributed by atoms with Crippen LogP contribution >= 0.6 is 11.3 Å². The summed E-state index contributed by atoms with van der Waals surface area (Å²) in [5.74, 6) is 0.998. The second-order valence-electron chi connectivity index (χ2n) is 6.85. The van der Waals surface area contributed by atoms with Crippen LogP contribution in [0.4, 0.5) is 9.93 Å². The number of thiazole rings is 1. The smallest absolute Gasteiger partial charge is 0.323 e. The molecule has 1 saturated heterocycles. The molecule has 0 saturated carbocycles. The summed E-state index contributed by atoms with van der Waals surface area (Å²) in [7, 11) is 0. The van der Waals surface area contributed by atoms with Crippen LogP contribution in [0, 0.1) is 11.8 Å². The number of urea groups is 1. The molecule has 23 heavy (non-hydrogen) atoms. The van der Waals surface area contributed by atoms with Crippen molar-refractivity contribution in [1.29, 1.82) is 0 Å². The molecule has 5 nitrogen and oxygen atoms in total. The van der Waals surface area contributed by atoms with Crippen LogP contribution in [-0.4, -0.2) is 40.7 Å². The first kappa shape index (κ1) is 16.7. The Kier molecular flexibility index (Phi) is 5.54. The molecule has 2 amide bonds. The van der Waals surface area contributed by atoms with E-state index in [9.17, 15) is 9.90 Å². The van der Waals surface area contributed by atoms with Crippen LogP contribution in [0.3, 0.4) is 0 Å². The van der Waals surface area contributed by atoms with Gasteiger partial charge in [0.15, 0.2) is 5.13 Å². The van der Waals surface area contributed by atoms with Gasteiger partial charge in [0, 0.05) is 24.6 Å². The van der Waals surface area contributed by atoms with Gasteiger partial charge >= 0.3 is 6.03 Å². The molecule has 3 rings (SSSR count). The number of aliphatic hydroxyl groups excluding tert-OH is 1. The highest BCUT2D eigenvalue weighted by atomic mass is 32.1. The minimum Gasteiger partial charge on any atom is -0.396 e. The van der Waals surface area contributed by atoms with Crippen molar-refractivity contribution in [2.45, 2.75) is 51.9 Å². The van der Waals surface area contributed by atoms with Crippen LogP contribution in [-0.2, 0) is 12.8 Å². The first-order valence-corrected chi connectivity index (χ1v) is 9.66. The predicted molar refractivity (Wildman–Crippen MR) is 92.9 cm³/mol. The minimum atomic E-state index is -0.0700. The van der Waals surface area contributed by atoms with Gasteiger partial charge in [-0.2, -0.15) is 0 Å². The molecule has 2 heterocycles. The Labute approximate surface area is 142 Å². The summed E-state index contributed by atoms with van der Waals surface area (Å²) in [6, 6.07) is -0.0700. The van der Waals surface area contributed by atoms with Crippen molar-refractivity contribution >= 4 is 22.5 Å². The largest absolute Gasteiger partial charge is 0.396 e. The summed E-state index contributed by atoms with van der Waals surface area (Å²) in [6.45, 7) is 3.82. The van der Waals surface area contributed by atoms with Crippen LogP contribution in [0.5, 0.6) is 0 Å². The second-order valence-corrected chi connectivity index (χ2v) is 7.94. The molecule has 0 aromatic carbocycles. The number of likely N-dealkylation sites (tertiary alicyclic amines) is 1. The Morgan fingerprint density at radius 1 is 1.43 bits per heavy atom. The number of carbonyl (C=O) groups is 1. The van der Waals surface area contributed by atoms with E-state index in [4.69, 9.17) is 0 Å². The van der Waals surface area contributed by atoms with Gasteiger partial charge in [-0.15, -0.1) is 11.3 Å². The lowest BCUT2D eigenvalue weighted by molar-refractivity contribution is 0.136. The summed E-state index contributed by atoms with van der Waals surface area (Å²) in [5, 5.41) is 13.0. The van der Waals surface area contributed by atoms with Crippen LogP contribution in [0.2, 0.25) is 0 Å². The number of aromatic nitrogens is 1. The molecule has 128 valence electrons. The maximum atomic E-state index is 12.4. The fraction of sp³-hybridized carbons (Fsp3) is 0.765. The molecular weight excluding hydrogens is 310 g/mol. The van der Waals surface area contributed by atoms with E-state index >= 15 is 0 Å². The fourth-order valence-electron chi connectivity index (χ4n) is 3.72. The zero-order valence-electron chi connectivity index (χ0n) is 13.9. The van der Waals surface area contributed by atoms with E-state index in [2.05, 4.69) is 17.2 Å². The third-order valence-electron chi connectivity index (χ3n) is 5.02. The lowest BCUT2D eigenvalue weighted by Gasteiger charge is -2.31. The van der Waals surface area contributed by atoms with E-state index in [0.29, 0.717) is 6.54 Å². The molecule has 1 aliphatic heterocycles. The van der Waals surface area contributed by atoms with Gasteiger partial charge in [-0.05, 0) is 43.9 Å². The van der Waals surface area contributed by atoms with Gasteiger partial charge in [0.1, 0.15) is 0 Å². The van der Waals surface area contributed by atoms with Crippen molar-refractivity contribution < 1.29 is 9.90 Å². The van der Waals surface area contributed by atoms with Crippen molar-refractivity contribution in [3.05, 3.63) is 10.6 Å². The Morgan fingerprint density at radius 2 is 2.30 bits per heavy atom. The summed E-state index contributed by atoms with van der Waals surface area (Å²) in [4.78, 5) is 20.2. The quantitative estimate of drug-likeness (QED) is 0.886. The van der Waals surface area contributed by atoms with E-state index in [1.807, 2.05) is 4.90 Å². The highest BCUT2D eigenvalue weighted by Crippen LogP contribution is 2.34. The number of fused-ring (bicyclic) bond motifs is 1. The molecule has 1 aliphatic carbocycles. The molecule has 0 bridgehead atoms. The minimum absolute atomic E-state index is 0.0700. The number of piperidine rings is 1. The maximum absolute atomic E-state index is 12.4. The van der Waals surface area contributed by atoms with Crippen molar-refractivity contribution in [1.82, 2.24) is 9.88 Å². The summed E-state index contributed by atoms with van der Waals surface area (Å²) >= 11 is 1.64. The van der Waals surface area contributed by atoms with Gasteiger partial charge in [0.05, 0.1) is 5.69 Å². The second kappa shape index (κ2) is 7.62. The van der Waals surface area contributed by atoms with Crippen molar-refractivity contribution in [2.24, 2.45) is 11.8 Å². The summed E-state index contributed by atoms with van der Waals surface area (Å²) in [6.07, 6.45) is 7.88. The molecule has 1 aromatic rings. The van der Waals surface area contributed by atoms with Gasteiger partial charge in [-0.25, -0.2) is 9.78 Å². The van der Waals surface area contributed by atoms with Crippen LogP contribution in [0.1, 0.15) is 49.6 Å². The number of aryl methyl sites for hydroxylation is 1. The van der Waals surface area contributed by atoms with Gasteiger partial charge < -0.3 is 10.0 Å². The Hall–Kier alpha value is -1.14. The monoisotopic (exact) mass is 337 g/mol. The number of carbonyl (C=O) groups excluding carboxylic acids is 1. The third-order valence-corrected chi connectivity index (χ3v) is 6.05. The number of anilines is 1. The SMILES string of the molecule is CCCC1CCc2nc(NC(=O)N3CCCC(CO)C3)sc2C1. The molecule has 2 aliphatic rings. The van der Waals surface area contributed by atoms with E-state index in [0.717, 1.165) is 43.3 Å². The zero-order chi connectivity index (χ0) is 16.2. The highest BCUT2D eigenvalue weighted by Gasteiger charge is 2.26. The van der Waals surface area contributed by atoms with Crippen LogP contribution in [0.25, 0.3) is 0 Å². The highest BCUT2D eigenvalue weighted by molar-refractivity contribution is 7.15. The fourth-order valence-corrected chi connectivity index (χ4v) is 4.83. The van der Waals surface area contributed by atoms with Crippen molar-refractivity contribution in [2.75, 3.05) is 25.0 Å². The average Bonchev–Trinajstić information content (AvgIpc) is 2.96. The number of hydrogen-bond acceptors (Lipinski definition) is 4. The van der Waals surface area contributed by atoms with Crippen molar-refractivity contribution in [3.8, 4) is 0 Å². The maximum Gasteiger partial charge on any atom is 0.323 e. The lowest BCUT2D eigenvalue weighted by atomic mass is 9.88. The van der Waals surface area contributed by atoms with Crippen LogP contribution in [0.15, 0.2) is 0 Å². The molecule has 2 unspecified atom stereocenters. The molecule has 0 spiro atoms. The molecule has 0 radical (unpaired) electrons. The molecule has 2 N–H and O–H groups in total. The normalized spacial score (nSPS) is 24.3. The number of hydrogen-bond donors (Lipinski definition) is 2. The Bertz CT molecular complexity index is 546. The molecule has 1 aromatic heterocycles. The van der Waals surface area contributed by atoms with Gasteiger partial charge in [-0.3, -0.25) is 5.32 Å². The standard InChI is InChI=1S/C17H27N3O2S/c1-2-4-12-6-7-14-15(9-12)23-16(18-14)19-17(22)20-8-3-5-13(10-20)11-21/h12-13,21H,2-11H2,1H3,(H,18,19,22). The number of rotatable bonds is 4. The predicted octanol–water partition coefficient (Wildman–Crippen LogP) is 3.28. The summed E-state index contributed by atoms with van der Waals surface area (Å²) in [5.41, 5.74) is 1.18. The number of nitrogens with zero attached hydrogens (tertiary/aromatic N) is 2. The molecule has 2 atom stereocenters. The van der Waals surface area contributed by atoms with E-state index < -0.39 is 0 Å². The zero-order valence-corrected chi connectivity index (χ0v) is 14.7.